The van der Waals surface area contributed by atoms with E-state index in [-0.39, 0.29) is 0 Å². The molecule has 0 bridgehead atoms. The summed E-state index contributed by atoms with van der Waals surface area (Å²) in [5.74, 6) is 1.62. The van der Waals surface area contributed by atoms with Crippen LogP contribution in [0.5, 0.6) is 0 Å². The van der Waals surface area contributed by atoms with E-state index in [4.69, 9.17) is 21.5 Å². The Hall–Kier alpha value is -8.23. The van der Waals surface area contributed by atoms with Crippen LogP contribution in [0.25, 0.3) is 109 Å². The maximum Gasteiger partial charge on any atom is 0.187 e. The Balaban J connectivity index is 1.29. The van der Waals surface area contributed by atoms with Crippen molar-refractivity contribution in [1.29, 1.82) is 5.26 Å². The fourth-order valence-electron chi connectivity index (χ4n) is 8.36. The molecule has 6 nitrogen and oxygen atoms in total. The van der Waals surface area contributed by atoms with Crippen LogP contribution in [0.4, 0.5) is 5.69 Å². The molecule has 11 aromatic rings. The van der Waals surface area contributed by atoms with Gasteiger partial charge in [0.1, 0.15) is 0 Å². The molecular weight excluding hydrogens is 753 g/mol. The van der Waals surface area contributed by atoms with E-state index in [2.05, 4.69) is 100 Å². The monoisotopic (exact) mass is 782 g/mol. The molecule has 60 heavy (non-hydrogen) atoms. The van der Waals surface area contributed by atoms with Crippen LogP contribution < -0.4 is 0 Å². The summed E-state index contributed by atoms with van der Waals surface area (Å²) in [6.45, 7) is 8.01. The lowest BCUT2D eigenvalue weighted by molar-refractivity contribution is 1.07. The molecule has 0 fully saturated rings. The van der Waals surface area contributed by atoms with Crippen LogP contribution in [0.15, 0.2) is 182 Å². The van der Waals surface area contributed by atoms with Crippen molar-refractivity contribution in [3.8, 4) is 68.2 Å². The predicted molar refractivity (Wildman–Crippen MR) is 245 cm³/mol. The lowest BCUT2D eigenvalue weighted by atomic mass is 9.91. The zero-order chi connectivity index (χ0) is 40.2. The molecule has 0 spiro atoms. The van der Waals surface area contributed by atoms with Gasteiger partial charge >= 0.3 is 0 Å². The van der Waals surface area contributed by atoms with Crippen LogP contribution in [-0.2, 0) is 0 Å². The largest absolute Gasteiger partial charge is 0.308 e. The van der Waals surface area contributed by atoms with E-state index < -0.39 is 0 Å². The molecule has 7 heteroatoms. The number of para-hydroxylation sites is 1. The van der Waals surface area contributed by atoms with E-state index >= 15 is 0 Å². The molecule has 0 aliphatic carbocycles. The Bertz CT molecular complexity index is 3440. The summed E-state index contributed by atoms with van der Waals surface area (Å²) in [7, 11) is 0. The number of thiophene rings is 1. The predicted octanol–water partition coefficient (Wildman–Crippen LogP) is 14.1. The molecule has 0 aliphatic rings. The summed E-state index contributed by atoms with van der Waals surface area (Å²) in [6, 6.07) is 63.8. The van der Waals surface area contributed by atoms with Gasteiger partial charge in [0.25, 0.3) is 0 Å². The van der Waals surface area contributed by atoms with Crippen LogP contribution >= 0.6 is 11.3 Å². The first-order chi connectivity index (χ1) is 29.6. The second-order valence-corrected chi connectivity index (χ2v) is 15.7. The minimum Gasteiger partial charge on any atom is -0.308 e. The van der Waals surface area contributed by atoms with Crippen molar-refractivity contribution >= 4 is 59.0 Å². The summed E-state index contributed by atoms with van der Waals surface area (Å²) in [5, 5.41) is 15.0. The average molecular weight is 783 g/mol. The number of nitriles is 1. The standard InChI is InChI=1S/C53H30N6S/c1-55-39-21-13-20-37(29-39)44-31-38(53-57-51(34-15-4-2-5-16-34)56-52(58-53)35-17-6-3-7-18-35)30-43(36-19-12-14-33(28-36)32-54)49(44)59-45-24-10-8-23-42(45)48-46(59)27-26-41-40-22-9-11-25-47(40)60-50(41)48/h2-31H. The van der Waals surface area contributed by atoms with Gasteiger partial charge in [0.2, 0.25) is 0 Å². The molecule has 278 valence electrons. The maximum atomic E-state index is 10.2. The van der Waals surface area contributed by atoms with Crippen LogP contribution in [0.3, 0.4) is 0 Å². The van der Waals surface area contributed by atoms with Gasteiger partial charge in [0.15, 0.2) is 23.2 Å². The van der Waals surface area contributed by atoms with E-state index in [1.165, 1.54) is 25.6 Å². The van der Waals surface area contributed by atoms with Gasteiger partial charge in [-0.1, -0.05) is 133 Å². The first-order valence-corrected chi connectivity index (χ1v) is 20.3. The fourth-order valence-corrected chi connectivity index (χ4v) is 9.62. The number of fused-ring (bicyclic) bond motifs is 7. The van der Waals surface area contributed by atoms with E-state index in [1.54, 1.807) is 0 Å². The number of benzene rings is 8. The zero-order valence-corrected chi connectivity index (χ0v) is 32.7. The highest BCUT2D eigenvalue weighted by atomic mass is 32.1. The fraction of sp³-hybridized carbons (Fsp3) is 0. The van der Waals surface area contributed by atoms with Crippen molar-refractivity contribution in [2.24, 2.45) is 0 Å². The molecule has 0 saturated carbocycles. The average Bonchev–Trinajstić information content (AvgIpc) is 3.87. The van der Waals surface area contributed by atoms with Gasteiger partial charge in [-0.2, -0.15) is 5.26 Å². The van der Waals surface area contributed by atoms with E-state index in [0.29, 0.717) is 28.7 Å². The van der Waals surface area contributed by atoms with Gasteiger partial charge < -0.3 is 4.57 Å². The van der Waals surface area contributed by atoms with Crippen LogP contribution in [0, 0.1) is 17.9 Å². The highest BCUT2D eigenvalue weighted by Crippen LogP contribution is 2.47. The molecule has 0 amide bonds. The highest BCUT2D eigenvalue weighted by molar-refractivity contribution is 7.26. The number of hydrogen-bond donors (Lipinski definition) is 0. The van der Waals surface area contributed by atoms with Gasteiger partial charge in [0, 0.05) is 58.8 Å². The van der Waals surface area contributed by atoms with Crippen molar-refractivity contribution in [2.75, 3.05) is 0 Å². The summed E-state index contributed by atoms with van der Waals surface area (Å²) in [4.78, 5) is 19.1. The topological polar surface area (TPSA) is 71.8 Å². The van der Waals surface area contributed by atoms with Gasteiger partial charge in [0.05, 0.1) is 34.9 Å². The van der Waals surface area contributed by atoms with Gasteiger partial charge in [-0.15, -0.1) is 11.3 Å². The van der Waals surface area contributed by atoms with Gasteiger partial charge in [-0.05, 0) is 59.7 Å². The summed E-state index contributed by atoms with van der Waals surface area (Å²) >= 11 is 1.82. The second kappa shape index (κ2) is 14.3. The normalized spacial score (nSPS) is 11.3. The maximum absolute atomic E-state index is 10.2. The number of hydrogen-bond acceptors (Lipinski definition) is 5. The van der Waals surface area contributed by atoms with Crippen molar-refractivity contribution in [3.05, 3.63) is 199 Å². The number of aromatic nitrogens is 4. The van der Waals surface area contributed by atoms with Crippen LogP contribution in [0.2, 0.25) is 0 Å². The second-order valence-electron chi connectivity index (χ2n) is 14.6. The third-order valence-electron chi connectivity index (χ3n) is 11.1. The smallest absolute Gasteiger partial charge is 0.187 e. The Kier molecular flexibility index (Phi) is 8.34. The number of rotatable bonds is 6. The molecule has 0 saturated heterocycles. The van der Waals surface area contributed by atoms with E-state index in [0.717, 1.165) is 61.1 Å². The quantitative estimate of drug-likeness (QED) is 0.158. The molecule has 0 unspecified atom stereocenters. The first kappa shape index (κ1) is 35.0. The lowest BCUT2D eigenvalue weighted by Crippen LogP contribution is -2.04. The van der Waals surface area contributed by atoms with Crippen LogP contribution in [-0.4, -0.2) is 19.5 Å². The summed E-state index contributed by atoms with van der Waals surface area (Å²) in [6.07, 6.45) is 0. The van der Waals surface area contributed by atoms with Crippen LogP contribution in [0.1, 0.15) is 5.56 Å². The molecule has 0 atom stereocenters. The molecule has 0 aliphatic heterocycles. The molecule has 11 rings (SSSR count). The highest BCUT2D eigenvalue weighted by Gasteiger charge is 2.25. The molecule has 0 N–H and O–H groups in total. The summed E-state index contributed by atoms with van der Waals surface area (Å²) in [5.41, 5.74) is 10.1. The third-order valence-corrected chi connectivity index (χ3v) is 12.3. The minimum absolute atomic E-state index is 0.503. The summed E-state index contributed by atoms with van der Waals surface area (Å²) < 4.78 is 4.84. The van der Waals surface area contributed by atoms with Crippen molar-refractivity contribution in [2.45, 2.75) is 0 Å². The minimum atomic E-state index is 0.503. The SMILES string of the molecule is [C-]#[N+]c1cccc(-c2cc(-c3nc(-c4ccccc4)nc(-c4ccccc4)n3)cc(-c3cccc(C#N)c3)c2-n2c3ccccc3c3c4sc5ccccc5c4ccc32)c1. The lowest BCUT2D eigenvalue weighted by Gasteiger charge is -2.21. The molecule has 3 heterocycles. The molecule has 3 aromatic heterocycles. The Morgan fingerprint density at radius 1 is 0.500 bits per heavy atom. The number of nitrogens with zero attached hydrogens (tertiary/aromatic N) is 6. The Labute approximate surface area is 349 Å². The van der Waals surface area contributed by atoms with Crippen molar-refractivity contribution < 1.29 is 0 Å². The van der Waals surface area contributed by atoms with E-state index in [1.807, 2.05) is 108 Å². The third kappa shape index (κ3) is 5.81. The molecule has 8 aromatic carbocycles. The Morgan fingerprint density at radius 3 is 1.77 bits per heavy atom. The zero-order valence-electron chi connectivity index (χ0n) is 31.9. The molecular formula is C53H30N6S. The van der Waals surface area contributed by atoms with Crippen molar-refractivity contribution in [3.63, 3.8) is 0 Å². The van der Waals surface area contributed by atoms with Crippen molar-refractivity contribution in [1.82, 2.24) is 19.5 Å². The van der Waals surface area contributed by atoms with E-state index in [9.17, 15) is 5.26 Å². The van der Waals surface area contributed by atoms with Gasteiger partial charge in [-0.3, -0.25) is 0 Å². The van der Waals surface area contributed by atoms with Gasteiger partial charge in [-0.25, -0.2) is 19.8 Å². The Morgan fingerprint density at radius 2 is 1.08 bits per heavy atom. The molecule has 0 radical (unpaired) electrons. The first-order valence-electron chi connectivity index (χ1n) is 19.5.